The number of carbonyl (C=O) groups excluding carboxylic acids is 2. The molecule has 0 aliphatic heterocycles. The number of ether oxygens (including phenoxy) is 1. The van der Waals surface area contributed by atoms with Crippen molar-refractivity contribution in [1.29, 1.82) is 0 Å². The van der Waals surface area contributed by atoms with Crippen LogP contribution in [0.4, 0.5) is 0 Å². The van der Waals surface area contributed by atoms with Crippen LogP contribution in [0.25, 0.3) is 0 Å². The number of phenolic OH excluding ortho intramolecular Hbond substituents is 1. The summed E-state index contributed by atoms with van der Waals surface area (Å²) < 4.78 is 5.22. The highest BCUT2D eigenvalue weighted by molar-refractivity contribution is 5.95. The lowest BCUT2D eigenvalue weighted by molar-refractivity contribution is -0.137. The molecule has 0 aromatic heterocycles. The molecule has 1 rings (SSSR count). The molecule has 5 nitrogen and oxygen atoms in total. The van der Waals surface area contributed by atoms with Crippen LogP contribution >= 0.6 is 0 Å². The zero-order chi connectivity index (χ0) is 17.9. The van der Waals surface area contributed by atoms with Gasteiger partial charge in [-0.2, -0.15) is 0 Å². The van der Waals surface area contributed by atoms with Crippen LogP contribution in [-0.4, -0.2) is 42.1 Å². The summed E-state index contributed by atoms with van der Waals surface area (Å²) in [6, 6.07) is 3.55. The first kappa shape index (κ1) is 19.0. The topological polar surface area (TPSA) is 66.8 Å². The second-order valence-electron chi connectivity index (χ2n) is 6.60. The summed E-state index contributed by atoms with van der Waals surface area (Å²) in [4.78, 5) is 25.6. The molecule has 23 heavy (non-hydrogen) atoms. The Bertz CT molecular complexity index is 591. The first-order valence-corrected chi connectivity index (χ1v) is 7.85. The number of esters is 1. The number of amides is 1. The third-order valence-electron chi connectivity index (χ3n) is 3.74. The van der Waals surface area contributed by atoms with E-state index in [9.17, 15) is 14.7 Å². The quantitative estimate of drug-likeness (QED) is 0.845. The molecule has 0 heterocycles. The summed E-state index contributed by atoms with van der Waals surface area (Å²) in [5.74, 6) is -0.781. The van der Waals surface area contributed by atoms with Crippen LogP contribution in [0.2, 0.25) is 0 Å². The normalized spacial score (nSPS) is 12.4. The van der Waals surface area contributed by atoms with Crippen molar-refractivity contribution < 1.29 is 19.4 Å². The Hall–Kier alpha value is -2.04. The molecule has 1 amide bonds. The molecule has 0 saturated heterocycles. The summed E-state index contributed by atoms with van der Waals surface area (Å²) in [6.07, 6.45) is -0.901. The van der Waals surface area contributed by atoms with Crippen molar-refractivity contribution >= 4 is 11.9 Å². The molecule has 0 aliphatic carbocycles. The Morgan fingerprint density at radius 3 is 2.04 bits per heavy atom. The fourth-order valence-electron chi connectivity index (χ4n) is 2.25. The largest absolute Gasteiger partial charge is 0.507 e. The highest BCUT2D eigenvalue weighted by atomic mass is 16.5. The molecule has 0 spiro atoms. The van der Waals surface area contributed by atoms with E-state index in [4.69, 9.17) is 4.74 Å². The van der Waals surface area contributed by atoms with Crippen molar-refractivity contribution in [2.75, 3.05) is 14.1 Å². The van der Waals surface area contributed by atoms with Gasteiger partial charge in [0.05, 0.1) is 0 Å². The summed E-state index contributed by atoms with van der Waals surface area (Å²) >= 11 is 0. The van der Waals surface area contributed by atoms with E-state index in [0.717, 1.165) is 5.56 Å². The minimum absolute atomic E-state index is 0.0704. The predicted octanol–water partition coefficient (Wildman–Crippen LogP) is 3.27. The molecule has 128 valence electrons. The summed E-state index contributed by atoms with van der Waals surface area (Å²) in [6.45, 7) is 9.46. The maximum absolute atomic E-state index is 12.4. The van der Waals surface area contributed by atoms with Gasteiger partial charge < -0.3 is 14.7 Å². The standard InChI is InChI=1S/C18H27NO4/c1-10(2)13-8-14(11(3)4)16(20)15(9-13)18(22)23-12(5)17(21)19(6)7/h8-12,20H,1-7H3/t12-/m0/s1. The average molecular weight is 321 g/mol. The molecule has 0 fully saturated rings. The number of hydrogen-bond acceptors (Lipinski definition) is 4. The molecule has 0 aliphatic rings. The monoisotopic (exact) mass is 321 g/mol. The van der Waals surface area contributed by atoms with Crippen LogP contribution in [0, 0.1) is 0 Å². The molecule has 0 bridgehead atoms. The van der Waals surface area contributed by atoms with Crippen LogP contribution in [-0.2, 0) is 9.53 Å². The maximum atomic E-state index is 12.4. The van der Waals surface area contributed by atoms with Gasteiger partial charge >= 0.3 is 5.97 Å². The van der Waals surface area contributed by atoms with Crippen molar-refractivity contribution in [3.8, 4) is 5.75 Å². The average Bonchev–Trinajstić information content (AvgIpc) is 2.45. The lowest BCUT2D eigenvalue weighted by Crippen LogP contribution is -2.35. The van der Waals surface area contributed by atoms with Crippen LogP contribution in [0.15, 0.2) is 12.1 Å². The minimum atomic E-state index is -0.901. The number of hydrogen-bond donors (Lipinski definition) is 1. The zero-order valence-electron chi connectivity index (χ0n) is 15.0. The SMILES string of the molecule is CC(C)c1cc(C(=O)O[C@@H](C)C(=O)N(C)C)c(O)c(C(C)C)c1. The summed E-state index contributed by atoms with van der Waals surface area (Å²) in [5, 5.41) is 10.4. The van der Waals surface area contributed by atoms with Crippen molar-refractivity contribution in [2.45, 2.75) is 52.6 Å². The molecular formula is C18H27NO4. The third-order valence-corrected chi connectivity index (χ3v) is 3.74. The number of benzene rings is 1. The van der Waals surface area contributed by atoms with E-state index in [1.54, 1.807) is 20.2 Å². The highest BCUT2D eigenvalue weighted by Gasteiger charge is 2.24. The molecule has 1 N–H and O–H groups in total. The van der Waals surface area contributed by atoms with E-state index in [0.29, 0.717) is 5.56 Å². The van der Waals surface area contributed by atoms with Gasteiger partial charge in [0.2, 0.25) is 0 Å². The first-order valence-electron chi connectivity index (χ1n) is 7.85. The second-order valence-corrected chi connectivity index (χ2v) is 6.60. The van der Waals surface area contributed by atoms with Gasteiger partial charge in [0.15, 0.2) is 6.10 Å². The number of likely N-dealkylation sites (N-methyl/N-ethyl adjacent to an activating group) is 1. The van der Waals surface area contributed by atoms with Crippen LogP contribution in [0.1, 0.15) is 67.9 Å². The minimum Gasteiger partial charge on any atom is -0.507 e. The van der Waals surface area contributed by atoms with Gasteiger partial charge in [-0.25, -0.2) is 4.79 Å². The van der Waals surface area contributed by atoms with Gasteiger partial charge in [-0.05, 0) is 36.0 Å². The fraction of sp³-hybridized carbons (Fsp3) is 0.556. The zero-order valence-corrected chi connectivity index (χ0v) is 15.0. The second kappa shape index (κ2) is 7.49. The molecule has 1 aromatic rings. The Balaban J connectivity index is 3.20. The van der Waals surface area contributed by atoms with Crippen molar-refractivity contribution in [2.24, 2.45) is 0 Å². The van der Waals surface area contributed by atoms with Crippen molar-refractivity contribution in [3.05, 3.63) is 28.8 Å². The Kier molecular flexibility index (Phi) is 6.19. The maximum Gasteiger partial charge on any atom is 0.342 e. The Morgan fingerprint density at radius 2 is 1.61 bits per heavy atom. The molecule has 0 radical (unpaired) electrons. The molecule has 0 unspecified atom stereocenters. The lowest BCUT2D eigenvalue weighted by atomic mass is 9.92. The molecule has 0 saturated carbocycles. The smallest absolute Gasteiger partial charge is 0.342 e. The number of carbonyl (C=O) groups is 2. The van der Waals surface area contributed by atoms with E-state index in [-0.39, 0.29) is 29.1 Å². The molecule has 1 atom stereocenters. The predicted molar refractivity (Wildman–Crippen MR) is 89.9 cm³/mol. The first-order chi connectivity index (χ1) is 10.6. The Morgan fingerprint density at radius 1 is 1.04 bits per heavy atom. The number of rotatable bonds is 5. The molecular weight excluding hydrogens is 294 g/mol. The number of phenols is 1. The fourth-order valence-corrected chi connectivity index (χ4v) is 2.25. The van der Waals surface area contributed by atoms with Crippen molar-refractivity contribution in [3.63, 3.8) is 0 Å². The number of aromatic hydroxyl groups is 1. The molecule has 1 aromatic carbocycles. The van der Waals surface area contributed by atoms with Gasteiger partial charge in [0.1, 0.15) is 11.3 Å². The highest BCUT2D eigenvalue weighted by Crippen LogP contribution is 2.33. The van der Waals surface area contributed by atoms with E-state index < -0.39 is 12.1 Å². The van der Waals surface area contributed by atoms with E-state index in [1.807, 2.05) is 33.8 Å². The number of nitrogens with zero attached hydrogens (tertiary/aromatic N) is 1. The van der Waals surface area contributed by atoms with Crippen LogP contribution < -0.4 is 0 Å². The lowest BCUT2D eigenvalue weighted by Gasteiger charge is -2.19. The Labute approximate surface area is 138 Å². The van der Waals surface area contributed by atoms with Gasteiger partial charge in [0.25, 0.3) is 5.91 Å². The van der Waals surface area contributed by atoms with Crippen LogP contribution in [0.5, 0.6) is 5.75 Å². The van der Waals surface area contributed by atoms with Gasteiger partial charge in [0, 0.05) is 14.1 Å². The van der Waals surface area contributed by atoms with E-state index >= 15 is 0 Å². The summed E-state index contributed by atoms with van der Waals surface area (Å²) in [5.41, 5.74) is 1.76. The van der Waals surface area contributed by atoms with Gasteiger partial charge in [-0.1, -0.05) is 33.8 Å². The van der Waals surface area contributed by atoms with Gasteiger partial charge in [-0.3, -0.25) is 4.79 Å². The van der Waals surface area contributed by atoms with E-state index in [1.165, 1.54) is 11.8 Å². The third kappa shape index (κ3) is 4.47. The van der Waals surface area contributed by atoms with Crippen LogP contribution in [0.3, 0.4) is 0 Å². The van der Waals surface area contributed by atoms with E-state index in [2.05, 4.69) is 0 Å². The molecule has 5 heteroatoms. The summed E-state index contributed by atoms with van der Waals surface area (Å²) in [7, 11) is 3.20. The van der Waals surface area contributed by atoms with Gasteiger partial charge in [-0.15, -0.1) is 0 Å². The van der Waals surface area contributed by atoms with Crippen molar-refractivity contribution in [1.82, 2.24) is 4.90 Å².